The van der Waals surface area contributed by atoms with Crippen LogP contribution in [0.15, 0.2) is 28.0 Å². The van der Waals surface area contributed by atoms with Crippen LogP contribution in [-0.4, -0.2) is 24.9 Å². The van der Waals surface area contributed by atoms with Crippen LogP contribution >= 0.6 is 11.3 Å². The van der Waals surface area contributed by atoms with Crippen molar-refractivity contribution < 1.29 is 8.42 Å². The molecule has 21 heavy (non-hydrogen) atoms. The van der Waals surface area contributed by atoms with E-state index in [1.807, 2.05) is 24.6 Å². The van der Waals surface area contributed by atoms with Gasteiger partial charge in [0.05, 0.1) is 12.4 Å². The Labute approximate surface area is 128 Å². The zero-order chi connectivity index (χ0) is 15.3. The SMILES string of the molecule is CCCNc1ncc(S(=O)(=O)NCc2cscc2C)cn1. The Balaban J connectivity index is 2.03. The molecule has 0 aliphatic heterocycles. The molecule has 2 heterocycles. The van der Waals surface area contributed by atoms with Gasteiger partial charge < -0.3 is 5.32 Å². The molecule has 0 saturated carbocycles. The summed E-state index contributed by atoms with van der Waals surface area (Å²) in [5.41, 5.74) is 2.06. The van der Waals surface area contributed by atoms with Crippen LogP contribution in [0.4, 0.5) is 5.95 Å². The van der Waals surface area contributed by atoms with Crippen LogP contribution in [-0.2, 0) is 16.6 Å². The highest BCUT2D eigenvalue weighted by atomic mass is 32.2. The van der Waals surface area contributed by atoms with Crippen LogP contribution in [0.25, 0.3) is 0 Å². The molecule has 0 bridgehead atoms. The summed E-state index contributed by atoms with van der Waals surface area (Å²) in [6.07, 6.45) is 3.58. The minimum Gasteiger partial charge on any atom is -0.354 e. The van der Waals surface area contributed by atoms with Crippen molar-refractivity contribution in [3.63, 3.8) is 0 Å². The molecule has 0 radical (unpaired) electrons. The number of nitrogens with zero attached hydrogens (tertiary/aromatic N) is 2. The van der Waals surface area contributed by atoms with E-state index in [2.05, 4.69) is 20.0 Å². The quantitative estimate of drug-likeness (QED) is 0.814. The Morgan fingerprint density at radius 3 is 2.52 bits per heavy atom. The molecule has 2 rings (SSSR count). The molecule has 6 nitrogen and oxygen atoms in total. The molecule has 2 aromatic rings. The van der Waals surface area contributed by atoms with Gasteiger partial charge in [-0.3, -0.25) is 0 Å². The van der Waals surface area contributed by atoms with Gasteiger partial charge in [0, 0.05) is 13.1 Å². The number of thiophene rings is 1. The van der Waals surface area contributed by atoms with Crippen LogP contribution in [0.5, 0.6) is 0 Å². The Bertz CT molecular complexity index is 680. The number of rotatable bonds is 7. The zero-order valence-corrected chi connectivity index (χ0v) is 13.6. The van der Waals surface area contributed by atoms with Crippen molar-refractivity contribution in [2.45, 2.75) is 31.7 Å². The summed E-state index contributed by atoms with van der Waals surface area (Å²) in [6, 6.07) is 0. The smallest absolute Gasteiger partial charge is 0.243 e. The van der Waals surface area contributed by atoms with Crippen LogP contribution in [0.2, 0.25) is 0 Å². The third-order valence-corrected chi connectivity index (χ3v) is 5.15. The first-order valence-electron chi connectivity index (χ1n) is 6.60. The van der Waals surface area contributed by atoms with E-state index in [9.17, 15) is 8.42 Å². The molecule has 0 aliphatic carbocycles. The average molecular weight is 326 g/mol. The largest absolute Gasteiger partial charge is 0.354 e. The fourth-order valence-electron chi connectivity index (χ4n) is 1.61. The number of nitrogens with one attached hydrogen (secondary N) is 2. The lowest BCUT2D eigenvalue weighted by molar-refractivity contribution is 0.580. The second kappa shape index (κ2) is 6.97. The van der Waals surface area contributed by atoms with Crippen molar-refractivity contribution in [2.75, 3.05) is 11.9 Å². The lowest BCUT2D eigenvalue weighted by Crippen LogP contribution is -2.23. The lowest BCUT2D eigenvalue weighted by atomic mass is 10.2. The Hall–Kier alpha value is -1.51. The summed E-state index contributed by atoms with van der Waals surface area (Å²) >= 11 is 1.55. The van der Waals surface area contributed by atoms with Crippen molar-refractivity contribution in [3.05, 3.63) is 34.3 Å². The van der Waals surface area contributed by atoms with Gasteiger partial charge in [-0.15, -0.1) is 0 Å². The maximum absolute atomic E-state index is 12.2. The van der Waals surface area contributed by atoms with Gasteiger partial charge in [0.25, 0.3) is 0 Å². The molecule has 0 unspecified atom stereocenters. The third-order valence-electron chi connectivity index (χ3n) is 2.89. The van der Waals surface area contributed by atoms with E-state index < -0.39 is 10.0 Å². The molecule has 0 atom stereocenters. The first kappa shape index (κ1) is 15.9. The van der Waals surface area contributed by atoms with Crippen molar-refractivity contribution >= 4 is 27.3 Å². The van der Waals surface area contributed by atoms with Crippen molar-refractivity contribution in [1.29, 1.82) is 0 Å². The molecule has 2 N–H and O–H groups in total. The number of anilines is 1. The molecule has 0 aliphatic rings. The molecular weight excluding hydrogens is 308 g/mol. The first-order valence-corrected chi connectivity index (χ1v) is 9.03. The predicted molar refractivity (Wildman–Crippen MR) is 83.9 cm³/mol. The van der Waals surface area contributed by atoms with Crippen LogP contribution < -0.4 is 10.0 Å². The Kier molecular flexibility index (Phi) is 5.27. The molecule has 2 aromatic heterocycles. The number of hydrogen-bond donors (Lipinski definition) is 2. The predicted octanol–water partition coefficient (Wildman–Crippen LogP) is 2.15. The minimum absolute atomic E-state index is 0.0671. The molecule has 0 amide bonds. The molecule has 0 aromatic carbocycles. The highest BCUT2D eigenvalue weighted by molar-refractivity contribution is 7.89. The Morgan fingerprint density at radius 1 is 1.24 bits per heavy atom. The fraction of sp³-hybridized carbons (Fsp3) is 0.385. The van der Waals surface area contributed by atoms with E-state index in [1.165, 1.54) is 12.4 Å². The molecule has 114 valence electrons. The van der Waals surface area contributed by atoms with E-state index in [4.69, 9.17) is 0 Å². The number of hydrogen-bond acceptors (Lipinski definition) is 6. The first-order chi connectivity index (χ1) is 10.0. The zero-order valence-electron chi connectivity index (χ0n) is 12.0. The van der Waals surface area contributed by atoms with Gasteiger partial charge in [-0.25, -0.2) is 23.1 Å². The maximum Gasteiger partial charge on any atom is 0.243 e. The second-order valence-electron chi connectivity index (χ2n) is 4.57. The summed E-state index contributed by atoms with van der Waals surface area (Å²) in [4.78, 5) is 8.08. The van der Waals surface area contributed by atoms with Crippen molar-refractivity contribution in [2.24, 2.45) is 0 Å². The van der Waals surface area contributed by atoms with Crippen LogP contribution in [0.3, 0.4) is 0 Å². The standard InChI is InChI=1S/C13H18N4O2S2/c1-3-4-14-13-15-6-12(7-16-13)21(18,19)17-5-11-9-20-8-10(11)2/h6-9,17H,3-5H2,1-2H3,(H,14,15,16). The molecular formula is C13H18N4O2S2. The highest BCUT2D eigenvalue weighted by Gasteiger charge is 2.15. The summed E-state index contributed by atoms with van der Waals surface area (Å²) in [5.74, 6) is 0.435. The molecule has 8 heteroatoms. The van der Waals surface area contributed by atoms with E-state index >= 15 is 0 Å². The average Bonchev–Trinajstić information content (AvgIpc) is 2.89. The van der Waals surface area contributed by atoms with E-state index in [1.54, 1.807) is 11.3 Å². The fourth-order valence-corrected chi connectivity index (χ4v) is 3.36. The van der Waals surface area contributed by atoms with Gasteiger partial charge in [0.2, 0.25) is 16.0 Å². The topological polar surface area (TPSA) is 84.0 Å². The van der Waals surface area contributed by atoms with Gasteiger partial charge in [0.15, 0.2) is 0 Å². The summed E-state index contributed by atoms with van der Waals surface area (Å²) in [7, 11) is -3.59. The van der Waals surface area contributed by atoms with Gasteiger partial charge >= 0.3 is 0 Å². The van der Waals surface area contributed by atoms with Gasteiger partial charge in [0.1, 0.15) is 4.90 Å². The lowest BCUT2D eigenvalue weighted by Gasteiger charge is -2.07. The number of aryl methyl sites for hydroxylation is 1. The maximum atomic E-state index is 12.2. The summed E-state index contributed by atoms with van der Waals surface area (Å²) < 4.78 is 26.9. The van der Waals surface area contributed by atoms with Crippen LogP contribution in [0.1, 0.15) is 24.5 Å². The minimum atomic E-state index is -3.59. The number of sulfonamides is 1. The highest BCUT2D eigenvalue weighted by Crippen LogP contribution is 2.15. The number of aromatic nitrogens is 2. The third kappa shape index (κ3) is 4.23. The van der Waals surface area contributed by atoms with Gasteiger partial charge in [-0.1, -0.05) is 6.92 Å². The van der Waals surface area contributed by atoms with Crippen molar-refractivity contribution in [3.8, 4) is 0 Å². The summed E-state index contributed by atoms with van der Waals surface area (Å²) in [6.45, 7) is 5.01. The molecule has 0 spiro atoms. The normalized spacial score (nSPS) is 11.5. The van der Waals surface area contributed by atoms with Gasteiger partial charge in [-0.2, -0.15) is 11.3 Å². The molecule has 0 saturated heterocycles. The summed E-state index contributed by atoms with van der Waals surface area (Å²) in [5, 5.41) is 6.92. The monoisotopic (exact) mass is 326 g/mol. The van der Waals surface area contributed by atoms with Gasteiger partial charge in [-0.05, 0) is 35.2 Å². The Morgan fingerprint density at radius 2 is 1.95 bits per heavy atom. The van der Waals surface area contributed by atoms with E-state index in [0.29, 0.717) is 5.95 Å². The van der Waals surface area contributed by atoms with Crippen molar-refractivity contribution in [1.82, 2.24) is 14.7 Å². The van der Waals surface area contributed by atoms with E-state index in [-0.39, 0.29) is 11.4 Å². The van der Waals surface area contributed by atoms with Crippen LogP contribution in [0, 0.1) is 6.92 Å². The molecule has 0 fully saturated rings. The second-order valence-corrected chi connectivity index (χ2v) is 7.08. The van der Waals surface area contributed by atoms with E-state index in [0.717, 1.165) is 24.1 Å².